The monoisotopic (exact) mass is 370 g/mol. The van der Waals surface area contributed by atoms with Gasteiger partial charge in [0.05, 0.1) is 0 Å². The molecule has 28 heavy (non-hydrogen) atoms. The summed E-state index contributed by atoms with van der Waals surface area (Å²) in [4.78, 5) is 6.60. The van der Waals surface area contributed by atoms with Crippen molar-refractivity contribution >= 4 is 0 Å². The number of benzene rings is 2. The van der Waals surface area contributed by atoms with E-state index in [-0.39, 0.29) is 12.0 Å². The Hall–Kier alpha value is -2.49. The van der Waals surface area contributed by atoms with E-state index in [1.807, 2.05) is 18.5 Å². The van der Waals surface area contributed by atoms with Gasteiger partial charge in [0.1, 0.15) is 5.72 Å². The summed E-state index contributed by atoms with van der Waals surface area (Å²) >= 11 is 0. The van der Waals surface area contributed by atoms with E-state index in [1.165, 1.54) is 16.7 Å². The van der Waals surface area contributed by atoms with Gasteiger partial charge in [-0.25, -0.2) is 0 Å². The number of fused-ring (bicyclic) bond motifs is 3. The summed E-state index contributed by atoms with van der Waals surface area (Å²) in [5.41, 5.74) is 4.13. The molecule has 1 saturated heterocycles. The van der Waals surface area contributed by atoms with Crippen molar-refractivity contribution in [3.05, 3.63) is 101 Å². The van der Waals surface area contributed by atoms with Crippen LogP contribution < -0.4 is 0 Å². The summed E-state index contributed by atoms with van der Waals surface area (Å²) in [6, 6.07) is 23.5. The average Bonchev–Trinajstić information content (AvgIpc) is 3.20. The molecule has 2 aliphatic rings. The van der Waals surface area contributed by atoms with Gasteiger partial charge in [0, 0.05) is 36.5 Å². The van der Waals surface area contributed by atoms with Gasteiger partial charge >= 0.3 is 0 Å². The first kappa shape index (κ1) is 17.6. The molecule has 1 fully saturated rings. The molecule has 0 radical (unpaired) electrons. The van der Waals surface area contributed by atoms with E-state index >= 15 is 0 Å². The fraction of sp³-hybridized carbons (Fsp3) is 0.320. The highest BCUT2D eigenvalue weighted by molar-refractivity contribution is 5.42. The van der Waals surface area contributed by atoms with Crippen LogP contribution in [0.15, 0.2) is 79.1 Å². The molecule has 142 valence electrons. The molecule has 1 N–H and O–H groups in total. The molecule has 3 aromatic rings. The Labute approximate surface area is 166 Å². The molecule has 3 heterocycles. The SMILES string of the molecule is O[C@@]12c3ccccc3[C@H](Cc3ccccc3)N1CC[C@@H]2CCc1cccnc1. The molecule has 0 spiro atoms. The molecular formula is C25H26N2O. The zero-order valence-electron chi connectivity index (χ0n) is 16.0. The average molecular weight is 370 g/mol. The van der Waals surface area contributed by atoms with E-state index in [2.05, 4.69) is 70.5 Å². The second-order valence-corrected chi connectivity index (χ2v) is 8.10. The minimum absolute atomic E-state index is 0.243. The van der Waals surface area contributed by atoms with Crippen molar-refractivity contribution in [3.63, 3.8) is 0 Å². The summed E-state index contributed by atoms with van der Waals surface area (Å²) in [5, 5.41) is 12.0. The Morgan fingerprint density at radius 3 is 2.57 bits per heavy atom. The molecule has 3 heteroatoms. The van der Waals surface area contributed by atoms with Gasteiger partial charge in [0.15, 0.2) is 0 Å². The lowest BCUT2D eigenvalue weighted by Crippen LogP contribution is -2.42. The van der Waals surface area contributed by atoms with Crippen LogP contribution in [-0.4, -0.2) is 21.5 Å². The highest BCUT2D eigenvalue weighted by Gasteiger charge is 2.56. The van der Waals surface area contributed by atoms with E-state index in [1.54, 1.807) is 0 Å². The van der Waals surface area contributed by atoms with Gasteiger partial charge in [-0.3, -0.25) is 9.88 Å². The van der Waals surface area contributed by atoms with Crippen LogP contribution in [-0.2, 0) is 18.6 Å². The molecule has 5 rings (SSSR count). The van der Waals surface area contributed by atoms with Gasteiger partial charge in [0.25, 0.3) is 0 Å². The first-order valence-corrected chi connectivity index (χ1v) is 10.3. The number of aliphatic hydroxyl groups is 1. The van der Waals surface area contributed by atoms with Crippen LogP contribution in [0.2, 0.25) is 0 Å². The molecule has 2 aliphatic heterocycles. The summed E-state index contributed by atoms with van der Waals surface area (Å²) < 4.78 is 0. The number of rotatable bonds is 5. The number of aryl methyl sites for hydroxylation is 1. The maximum Gasteiger partial charge on any atom is 0.148 e. The first-order valence-electron chi connectivity index (χ1n) is 10.3. The third-order valence-corrected chi connectivity index (χ3v) is 6.59. The van der Waals surface area contributed by atoms with Gasteiger partial charge in [-0.15, -0.1) is 0 Å². The quantitative estimate of drug-likeness (QED) is 0.719. The molecule has 3 atom stereocenters. The maximum atomic E-state index is 12.0. The fourth-order valence-corrected chi connectivity index (χ4v) is 5.25. The minimum Gasteiger partial charge on any atom is -0.371 e. The number of pyridine rings is 1. The van der Waals surface area contributed by atoms with Crippen LogP contribution in [0.1, 0.15) is 41.1 Å². The lowest BCUT2D eigenvalue weighted by atomic mass is 9.85. The van der Waals surface area contributed by atoms with Crippen LogP contribution in [0, 0.1) is 5.92 Å². The van der Waals surface area contributed by atoms with Crippen LogP contribution >= 0.6 is 0 Å². The summed E-state index contributed by atoms with van der Waals surface area (Å²) in [5.74, 6) is 0.245. The largest absolute Gasteiger partial charge is 0.371 e. The normalized spacial score (nSPS) is 26.2. The third kappa shape index (κ3) is 2.86. The standard InChI is InChI=1S/C25H26N2O/c28-25-21(13-12-20-9-6-15-26-18-20)14-16-27(25)24(17-19-7-2-1-3-8-19)22-10-4-5-11-23(22)25/h1-11,15,18,21,24,28H,12-14,16-17H2/t21-,24-,25-/m0/s1. The van der Waals surface area contributed by atoms with Crippen molar-refractivity contribution in [2.75, 3.05) is 6.54 Å². The molecule has 0 unspecified atom stereocenters. The smallest absolute Gasteiger partial charge is 0.148 e. The molecule has 0 aliphatic carbocycles. The van der Waals surface area contributed by atoms with Gasteiger partial charge in [-0.05, 0) is 48.4 Å². The predicted molar refractivity (Wildman–Crippen MR) is 111 cm³/mol. The summed E-state index contributed by atoms with van der Waals surface area (Å²) in [6.07, 6.45) is 7.67. The Balaban J connectivity index is 1.44. The lowest BCUT2D eigenvalue weighted by Gasteiger charge is -2.35. The van der Waals surface area contributed by atoms with Crippen molar-refractivity contribution in [1.82, 2.24) is 9.88 Å². The third-order valence-electron chi connectivity index (χ3n) is 6.59. The Bertz CT molecular complexity index is 943. The topological polar surface area (TPSA) is 36.4 Å². The maximum absolute atomic E-state index is 12.0. The molecule has 0 amide bonds. The van der Waals surface area contributed by atoms with Crippen LogP contribution in [0.3, 0.4) is 0 Å². The molecule has 0 saturated carbocycles. The highest BCUT2D eigenvalue weighted by atomic mass is 16.3. The lowest BCUT2D eigenvalue weighted by molar-refractivity contribution is -0.122. The van der Waals surface area contributed by atoms with Crippen molar-refractivity contribution in [3.8, 4) is 0 Å². The van der Waals surface area contributed by atoms with Crippen molar-refractivity contribution in [2.45, 2.75) is 37.5 Å². The Kier molecular flexibility index (Phi) is 4.50. The van der Waals surface area contributed by atoms with Crippen molar-refractivity contribution < 1.29 is 5.11 Å². The number of hydrogen-bond donors (Lipinski definition) is 1. The highest BCUT2D eigenvalue weighted by Crippen LogP contribution is 2.55. The molecule has 3 nitrogen and oxygen atoms in total. The number of aromatic nitrogens is 1. The van der Waals surface area contributed by atoms with Crippen LogP contribution in [0.4, 0.5) is 0 Å². The van der Waals surface area contributed by atoms with Crippen LogP contribution in [0.5, 0.6) is 0 Å². The van der Waals surface area contributed by atoms with Gasteiger partial charge < -0.3 is 5.11 Å². The van der Waals surface area contributed by atoms with E-state index in [9.17, 15) is 5.11 Å². The molecule has 2 aromatic carbocycles. The van der Waals surface area contributed by atoms with Gasteiger partial charge in [-0.1, -0.05) is 60.7 Å². The second-order valence-electron chi connectivity index (χ2n) is 8.10. The second kappa shape index (κ2) is 7.16. The summed E-state index contributed by atoms with van der Waals surface area (Å²) in [7, 11) is 0. The zero-order chi connectivity index (χ0) is 19.0. The molecule has 0 bridgehead atoms. The van der Waals surface area contributed by atoms with E-state index < -0.39 is 5.72 Å². The fourth-order valence-electron chi connectivity index (χ4n) is 5.25. The summed E-state index contributed by atoms with van der Waals surface area (Å²) in [6.45, 7) is 0.945. The Morgan fingerprint density at radius 1 is 0.964 bits per heavy atom. The number of nitrogens with zero attached hydrogens (tertiary/aromatic N) is 2. The number of hydrogen-bond acceptors (Lipinski definition) is 3. The Morgan fingerprint density at radius 2 is 1.75 bits per heavy atom. The van der Waals surface area contributed by atoms with Crippen LogP contribution in [0.25, 0.3) is 0 Å². The molecular weight excluding hydrogens is 344 g/mol. The van der Waals surface area contributed by atoms with Gasteiger partial charge in [0.2, 0.25) is 0 Å². The minimum atomic E-state index is -0.849. The van der Waals surface area contributed by atoms with Gasteiger partial charge in [-0.2, -0.15) is 0 Å². The van der Waals surface area contributed by atoms with Crippen molar-refractivity contribution in [1.29, 1.82) is 0 Å². The predicted octanol–water partition coefficient (Wildman–Crippen LogP) is 4.48. The van der Waals surface area contributed by atoms with Crippen molar-refractivity contribution in [2.24, 2.45) is 5.92 Å². The first-order chi connectivity index (χ1) is 13.8. The molecule has 1 aromatic heterocycles. The van der Waals surface area contributed by atoms with E-state index in [0.717, 1.165) is 37.8 Å². The van der Waals surface area contributed by atoms with E-state index in [4.69, 9.17) is 0 Å². The van der Waals surface area contributed by atoms with E-state index in [0.29, 0.717) is 0 Å². The zero-order valence-corrected chi connectivity index (χ0v) is 16.0.